The number of pyridine rings is 1. The molecule has 0 saturated carbocycles. The van der Waals surface area contributed by atoms with Gasteiger partial charge >= 0.3 is 12.4 Å². The van der Waals surface area contributed by atoms with E-state index in [2.05, 4.69) is 9.98 Å². The number of hydrogen-bond acceptors (Lipinski definition) is 5. The van der Waals surface area contributed by atoms with Gasteiger partial charge in [-0.3, -0.25) is 4.79 Å². The average Bonchev–Trinajstić information content (AvgIpc) is 2.71. The van der Waals surface area contributed by atoms with E-state index in [0.717, 1.165) is 42.3 Å². The molecule has 0 bridgehead atoms. The third-order valence-corrected chi connectivity index (χ3v) is 4.40. The van der Waals surface area contributed by atoms with Crippen LogP contribution >= 0.6 is 11.6 Å². The molecule has 0 aliphatic carbocycles. The van der Waals surface area contributed by atoms with E-state index in [-0.39, 0.29) is 22.5 Å². The van der Waals surface area contributed by atoms with Crippen LogP contribution in [0.1, 0.15) is 23.7 Å². The second-order valence-corrected chi connectivity index (χ2v) is 7.12. The summed E-state index contributed by atoms with van der Waals surface area (Å²) in [5, 5.41) is 8.85. The molecule has 1 amide bonds. The van der Waals surface area contributed by atoms with Crippen molar-refractivity contribution >= 4 is 34.7 Å². The van der Waals surface area contributed by atoms with Crippen LogP contribution in [0, 0.1) is 17.1 Å². The molecule has 6 nitrogen and oxygen atoms in total. The van der Waals surface area contributed by atoms with Crippen LogP contribution in [-0.4, -0.2) is 23.7 Å². The number of anilines is 1. The minimum absolute atomic E-state index is 0.0145. The number of nitrogens with two attached hydrogens (primary N) is 1. The summed E-state index contributed by atoms with van der Waals surface area (Å²) in [5.74, 6) is -3.18. The lowest BCUT2D eigenvalue weighted by molar-refractivity contribution is -0.145. The van der Waals surface area contributed by atoms with Gasteiger partial charge in [-0.05, 0) is 37.3 Å². The van der Waals surface area contributed by atoms with Crippen molar-refractivity contribution in [3.8, 4) is 6.07 Å². The molecule has 1 aromatic carbocycles. The first-order valence-electron chi connectivity index (χ1n) is 8.91. The normalized spacial score (nSPS) is 13.0. The third-order valence-electron chi connectivity index (χ3n) is 4.11. The molecule has 1 heterocycles. The van der Waals surface area contributed by atoms with Gasteiger partial charge in [0.25, 0.3) is 5.91 Å². The van der Waals surface area contributed by atoms with E-state index in [9.17, 15) is 40.8 Å². The lowest BCUT2D eigenvalue weighted by Crippen LogP contribution is -2.33. The Morgan fingerprint density at radius 2 is 1.82 bits per heavy atom. The van der Waals surface area contributed by atoms with Gasteiger partial charge in [-0.15, -0.1) is 0 Å². The van der Waals surface area contributed by atoms with Crippen molar-refractivity contribution in [1.29, 1.82) is 5.26 Å². The molecule has 1 aromatic heterocycles. The van der Waals surface area contributed by atoms with Gasteiger partial charge in [-0.2, -0.15) is 31.6 Å². The Balaban J connectivity index is 2.78. The van der Waals surface area contributed by atoms with Gasteiger partial charge in [0.2, 0.25) is 0 Å². The van der Waals surface area contributed by atoms with E-state index in [1.165, 1.54) is 6.92 Å². The summed E-state index contributed by atoms with van der Waals surface area (Å²) in [4.78, 5) is 20.3. The molecule has 0 saturated heterocycles. The Labute approximate surface area is 192 Å². The van der Waals surface area contributed by atoms with Crippen molar-refractivity contribution in [3.63, 3.8) is 0 Å². The van der Waals surface area contributed by atoms with Crippen LogP contribution in [0.2, 0.25) is 5.02 Å². The summed E-state index contributed by atoms with van der Waals surface area (Å²) in [5.41, 5.74) is -0.547. The first-order valence-corrected chi connectivity index (χ1v) is 9.29. The molecule has 2 aromatic rings. The summed E-state index contributed by atoms with van der Waals surface area (Å²) in [6, 6.07) is 3.93. The van der Waals surface area contributed by atoms with Gasteiger partial charge < -0.3 is 10.6 Å². The predicted molar refractivity (Wildman–Crippen MR) is 109 cm³/mol. The summed E-state index contributed by atoms with van der Waals surface area (Å²) in [6.07, 6.45) is -9.81. The summed E-state index contributed by atoms with van der Waals surface area (Å²) >= 11 is 5.68. The maximum Gasteiger partial charge on any atom is 0.433 e. The molecule has 0 radical (unpaired) electrons. The number of halogens is 8. The van der Waals surface area contributed by atoms with E-state index in [4.69, 9.17) is 17.3 Å². The Hall–Kier alpha value is -3.66. The molecule has 0 aliphatic rings. The molecule has 34 heavy (non-hydrogen) atoms. The van der Waals surface area contributed by atoms with Crippen LogP contribution in [0.4, 0.5) is 42.2 Å². The number of amides is 1. The van der Waals surface area contributed by atoms with Crippen LogP contribution in [0.15, 0.2) is 41.0 Å². The minimum Gasteiger partial charge on any atom is -0.402 e. The third kappa shape index (κ3) is 6.02. The number of carbonyl (C=O) groups is 1. The number of allylic oxidation sites excluding steroid dienone is 1. The highest BCUT2D eigenvalue weighted by Crippen LogP contribution is 2.39. The first-order chi connectivity index (χ1) is 15.6. The molecule has 0 spiro atoms. The first kappa shape index (κ1) is 26.6. The summed E-state index contributed by atoms with van der Waals surface area (Å²) in [6.45, 7) is 1.27. The van der Waals surface area contributed by atoms with Crippen LogP contribution in [0.3, 0.4) is 0 Å². The largest absolute Gasteiger partial charge is 0.433 e. The van der Waals surface area contributed by atoms with Crippen LogP contribution in [0.25, 0.3) is 0 Å². The fourth-order valence-electron chi connectivity index (χ4n) is 2.55. The van der Waals surface area contributed by atoms with E-state index in [0.29, 0.717) is 0 Å². The van der Waals surface area contributed by atoms with E-state index in [1.807, 2.05) is 0 Å². The summed E-state index contributed by atoms with van der Waals surface area (Å²) < 4.78 is 93.1. The van der Waals surface area contributed by atoms with Crippen molar-refractivity contribution in [2.75, 3.05) is 11.9 Å². The van der Waals surface area contributed by atoms with E-state index in [1.54, 1.807) is 0 Å². The molecule has 2 rings (SSSR count). The molecular formula is C20H13ClF7N5O. The SMILES string of the molecule is C/C(N)=C/C(=N/c1nc(C(F)(F)F)cc(C(F)(F)F)c1C#N)C(=O)N(C)c1ccc(F)c(Cl)c1. The number of aromatic nitrogens is 1. The fraction of sp³-hybridized carbons (Fsp3) is 0.200. The van der Waals surface area contributed by atoms with Crippen LogP contribution < -0.4 is 10.6 Å². The molecule has 2 N–H and O–H groups in total. The van der Waals surface area contributed by atoms with Crippen molar-refractivity contribution in [3.05, 3.63) is 63.7 Å². The smallest absolute Gasteiger partial charge is 0.402 e. The van der Waals surface area contributed by atoms with E-state index < -0.39 is 52.4 Å². The quantitative estimate of drug-likeness (QED) is 0.444. The Kier molecular flexibility index (Phi) is 7.57. The average molecular weight is 508 g/mol. The second-order valence-electron chi connectivity index (χ2n) is 6.71. The number of rotatable bonds is 4. The Morgan fingerprint density at radius 3 is 2.29 bits per heavy atom. The second kappa shape index (κ2) is 9.68. The maximum absolute atomic E-state index is 13.4. The van der Waals surface area contributed by atoms with Crippen LogP contribution in [-0.2, 0) is 17.1 Å². The molecule has 0 aliphatic heterocycles. The lowest BCUT2D eigenvalue weighted by Gasteiger charge is -2.18. The zero-order valence-electron chi connectivity index (χ0n) is 17.2. The van der Waals surface area contributed by atoms with Crippen molar-refractivity contribution in [2.24, 2.45) is 10.7 Å². The number of nitrogens with zero attached hydrogens (tertiary/aromatic N) is 4. The number of alkyl halides is 6. The number of hydrogen-bond donors (Lipinski definition) is 1. The van der Waals surface area contributed by atoms with Gasteiger partial charge in [0.05, 0.1) is 10.6 Å². The highest BCUT2D eigenvalue weighted by molar-refractivity contribution is 6.48. The van der Waals surface area contributed by atoms with Gasteiger partial charge in [-0.25, -0.2) is 14.4 Å². The van der Waals surface area contributed by atoms with Crippen molar-refractivity contribution in [2.45, 2.75) is 19.3 Å². The molecule has 180 valence electrons. The van der Waals surface area contributed by atoms with Crippen molar-refractivity contribution in [1.82, 2.24) is 4.98 Å². The highest BCUT2D eigenvalue weighted by Gasteiger charge is 2.41. The number of benzene rings is 1. The van der Waals surface area contributed by atoms with Gasteiger partial charge in [0.15, 0.2) is 5.82 Å². The van der Waals surface area contributed by atoms with Gasteiger partial charge in [0, 0.05) is 18.4 Å². The molecule has 0 atom stereocenters. The number of carbonyl (C=O) groups excluding carboxylic acids is 1. The molecule has 14 heteroatoms. The summed E-state index contributed by atoms with van der Waals surface area (Å²) in [7, 11) is 1.16. The highest BCUT2D eigenvalue weighted by atomic mass is 35.5. The molecule has 0 fully saturated rings. The Morgan fingerprint density at radius 1 is 1.21 bits per heavy atom. The minimum atomic E-state index is -5.36. The van der Waals surface area contributed by atoms with Crippen molar-refractivity contribution < 1.29 is 35.5 Å². The monoisotopic (exact) mass is 507 g/mol. The molecule has 0 unspecified atom stereocenters. The fourth-order valence-corrected chi connectivity index (χ4v) is 2.72. The number of aliphatic imine (C=N–C) groups is 1. The Bertz CT molecular complexity index is 1230. The molecular weight excluding hydrogens is 495 g/mol. The standard InChI is InChI=1S/C20H13ClF7N5O/c1-9(30)5-15(18(34)33(2)10-3-4-14(22)13(21)6-10)31-17-11(8-29)12(19(23,24)25)7-16(32-17)20(26,27)28/h3-7H,30H2,1-2H3/b9-5-,31-15-. The van der Waals surface area contributed by atoms with Crippen LogP contribution in [0.5, 0.6) is 0 Å². The van der Waals surface area contributed by atoms with Gasteiger partial charge in [0.1, 0.15) is 28.9 Å². The maximum atomic E-state index is 13.4. The zero-order valence-corrected chi connectivity index (χ0v) is 17.9. The topological polar surface area (TPSA) is 95.4 Å². The number of nitriles is 1. The van der Waals surface area contributed by atoms with E-state index >= 15 is 0 Å². The zero-order chi connectivity index (χ0) is 26.0. The predicted octanol–water partition coefficient (Wildman–Crippen LogP) is 5.38. The lowest BCUT2D eigenvalue weighted by atomic mass is 10.1. The van der Waals surface area contributed by atoms with Gasteiger partial charge in [-0.1, -0.05) is 11.6 Å².